The zero-order valence-corrected chi connectivity index (χ0v) is 16.0. The fraction of sp³-hybridized carbons (Fsp3) is 0.100. The Morgan fingerprint density at radius 2 is 2.07 bits per heavy atom. The number of esters is 1. The van der Waals surface area contributed by atoms with Crippen molar-refractivity contribution in [3.8, 4) is 17.3 Å². The first-order valence-corrected chi connectivity index (χ1v) is 9.59. The molecule has 5 aromatic rings. The molecule has 29 heavy (non-hydrogen) atoms. The van der Waals surface area contributed by atoms with Gasteiger partial charge in [0.2, 0.25) is 5.82 Å². The summed E-state index contributed by atoms with van der Waals surface area (Å²) in [4.78, 5) is 18.1. The molecule has 0 aliphatic rings. The van der Waals surface area contributed by atoms with Gasteiger partial charge in [0.15, 0.2) is 12.4 Å². The summed E-state index contributed by atoms with van der Waals surface area (Å²) in [6.07, 6.45) is 1.51. The van der Waals surface area contributed by atoms with Gasteiger partial charge in [0.25, 0.3) is 5.89 Å². The van der Waals surface area contributed by atoms with Gasteiger partial charge in [-0.3, -0.25) is 0 Å². The van der Waals surface area contributed by atoms with Gasteiger partial charge >= 0.3 is 5.97 Å². The van der Waals surface area contributed by atoms with E-state index in [9.17, 15) is 4.79 Å². The second kappa shape index (κ2) is 7.02. The highest BCUT2D eigenvalue weighted by Crippen LogP contribution is 2.31. The summed E-state index contributed by atoms with van der Waals surface area (Å²) < 4.78 is 17.5. The van der Waals surface area contributed by atoms with E-state index in [1.807, 2.05) is 41.9 Å². The van der Waals surface area contributed by atoms with Gasteiger partial charge in [-0.25, -0.2) is 9.48 Å². The Hall–Kier alpha value is -3.72. The predicted molar refractivity (Wildman–Crippen MR) is 105 cm³/mol. The largest absolute Gasteiger partial charge is 0.459 e. The number of rotatable bonds is 5. The highest BCUT2D eigenvalue weighted by Gasteiger charge is 2.19. The van der Waals surface area contributed by atoms with Gasteiger partial charge in [0.1, 0.15) is 9.71 Å². The maximum atomic E-state index is 12.5. The SMILES string of the molecule is Cc1nn(-c2ccccc2)c2sc(C(=O)OCc3noc(-c4ccco4)n3)cc12. The van der Waals surface area contributed by atoms with Crippen LogP contribution in [0, 0.1) is 6.92 Å². The van der Waals surface area contributed by atoms with Crippen molar-refractivity contribution in [1.29, 1.82) is 0 Å². The Kier molecular flexibility index (Phi) is 4.21. The average molecular weight is 406 g/mol. The van der Waals surface area contributed by atoms with Gasteiger partial charge < -0.3 is 13.7 Å². The normalized spacial score (nSPS) is 11.2. The van der Waals surface area contributed by atoms with Crippen LogP contribution in [0.3, 0.4) is 0 Å². The quantitative estimate of drug-likeness (QED) is 0.399. The zero-order chi connectivity index (χ0) is 19.8. The van der Waals surface area contributed by atoms with Crippen LogP contribution in [0.4, 0.5) is 0 Å². The number of fused-ring (bicyclic) bond motifs is 1. The lowest BCUT2D eigenvalue weighted by Crippen LogP contribution is -2.04. The molecule has 0 aliphatic carbocycles. The summed E-state index contributed by atoms with van der Waals surface area (Å²) in [5.41, 5.74) is 1.78. The van der Waals surface area contributed by atoms with Crippen molar-refractivity contribution in [2.45, 2.75) is 13.5 Å². The van der Waals surface area contributed by atoms with Crippen LogP contribution in [0.5, 0.6) is 0 Å². The van der Waals surface area contributed by atoms with E-state index < -0.39 is 5.97 Å². The monoisotopic (exact) mass is 406 g/mol. The summed E-state index contributed by atoms with van der Waals surface area (Å²) in [6, 6.07) is 15.0. The molecule has 4 heterocycles. The summed E-state index contributed by atoms with van der Waals surface area (Å²) in [7, 11) is 0. The number of aromatic nitrogens is 4. The number of aryl methyl sites for hydroxylation is 1. The molecule has 4 aromatic heterocycles. The highest BCUT2D eigenvalue weighted by atomic mass is 32.1. The van der Waals surface area contributed by atoms with Crippen LogP contribution in [0.2, 0.25) is 0 Å². The molecule has 0 amide bonds. The molecule has 0 atom stereocenters. The topological polar surface area (TPSA) is 96.2 Å². The van der Waals surface area contributed by atoms with Crippen LogP contribution >= 0.6 is 11.3 Å². The minimum atomic E-state index is -0.449. The van der Waals surface area contributed by atoms with Crippen LogP contribution < -0.4 is 0 Å². The molecule has 144 valence electrons. The number of hydrogen-bond donors (Lipinski definition) is 0. The molecule has 9 heteroatoms. The molecule has 0 saturated carbocycles. The van der Waals surface area contributed by atoms with Crippen molar-refractivity contribution in [3.05, 3.63) is 71.2 Å². The van der Waals surface area contributed by atoms with E-state index >= 15 is 0 Å². The minimum Gasteiger partial charge on any atom is -0.459 e. The van der Waals surface area contributed by atoms with Gasteiger partial charge in [-0.05, 0) is 37.3 Å². The molecule has 0 saturated heterocycles. The Morgan fingerprint density at radius 3 is 2.86 bits per heavy atom. The predicted octanol–water partition coefficient (Wildman–Crippen LogP) is 4.40. The second-order valence-electron chi connectivity index (χ2n) is 6.23. The van der Waals surface area contributed by atoms with E-state index in [0.29, 0.717) is 10.6 Å². The van der Waals surface area contributed by atoms with Crippen molar-refractivity contribution in [3.63, 3.8) is 0 Å². The Morgan fingerprint density at radius 1 is 1.21 bits per heavy atom. The van der Waals surface area contributed by atoms with Crippen LogP contribution in [0.1, 0.15) is 21.2 Å². The fourth-order valence-corrected chi connectivity index (χ4v) is 3.98. The lowest BCUT2D eigenvalue weighted by atomic mass is 10.3. The van der Waals surface area contributed by atoms with E-state index in [-0.39, 0.29) is 18.3 Å². The minimum absolute atomic E-state index is 0.0962. The van der Waals surface area contributed by atoms with E-state index in [1.165, 1.54) is 17.6 Å². The van der Waals surface area contributed by atoms with E-state index in [1.54, 1.807) is 18.2 Å². The molecular weight excluding hydrogens is 392 g/mol. The third-order valence-electron chi connectivity index (χ3n) is 4.28. The number of ether oxygens (including phenoxy) is 1. The van der Waals surface area contributed by atoms with Gasteiger partial charge in [-0.15, -0.1) is 11.3 Å². The average Bonchev–Trinajstić information content (AvgIpc) is 3.52. The molecule has 0 fully saturated rings. The second-order valence-corrected chi connectivity index (χ2v) is 7.26. The first-order chi connectivity index (χ1) is 14.2. The van der Waals surface area contributed by atoms with Gasteiger partial charge in [-0.2, -0.15) is 10.1 Å². The Bertz CT molecular complexity index is 1290. The smallest absolute Gasteiger partial charge is 0.348 e. The van der Waals surface area contributed by atoms with Crippen LogP contribution in [-0.4, -0.2) is 25.9 Å². The first-order valence-electron chi connectivity index (χ1n) is 8.77. The summed E-state index contributed by atoms with van der Waals surface area (Å²) in [5, 5.41) is 9.30. The number of para-hydroxylation sites is 1. The Balaban J connectivity index is 1.35. The van der Waals surface area contributed by atoms with Crippen molar-refractivity contribution in [2.75, 3.05) is 0 Å². The molecule has 8 nitrogen and oxygen atoms in total. The number of benzene rings is 1. The molecule has 0 spiro atoms. The molecule has 0 radical (unpaired) electrons. The van der Waals surface area contributed by atoms with Crippen molar-refractivity contribution in [1.82, 2.24) is 19.9 Å². The molecular formula is C20H14N4O4S. The summed E-state index contributed by atoms with van der Waals surface area (Å²) in [6.45, 7) is 1.82. The van der Waals surface area contributed by atoms with Crippen molar-refractivity contribution in [2.24, 2.45) is 0 Å². The zero-order valence-electron chi connectivity index (χ0n) is 15.2. The number of carbonyl (C=O) groups excluding carboxylic acids is 1. The third-order valence-corrected chi connectivity index (χ3v) is 5.37. The van der Waals surface area contributed by atoms with Gasteiger partial charge in [0, 0.05) is 5.39 Å². The van der Waals surface area contributed by atoms with Crippen molar-refractivity contribution >= 4 is 27.5 Å². The highest BCUT2D eigenvalue weighted by molar-refractivity contribution is 7.20. The van der Waals surface area contributed by atoms with Crippen LogP contribution in [-0.2, 0) is 11.3 Å². The maximum absolute atomic E-state index is 12.5. The number of furan rings is 1. The van der Waals surface area contributed by atoms with Crippen LogP contribution in [0.25, 0.3) is 27.6 Å². The van der Waals surface area contributed by atoms with E-state index in [4.69, 9.17) is 13.7 Å². The number of thiophene rings is 1. The fourth-order valence-electron chi connectivity index (χ4n) is 2.91. The maximum Gasteiger partial charge on any atom is 0.348 e. The molecule has 0 bridgehead atoms. The van der Waals surface area contributed by atoms with E-state index in [2.05, 4.69) is 15.2 Å². The lowest BCUT2D eigenvalue weighted by Gasteiger charge is -2.01. The van der Waals surface area contributed by atoms with Gasteiger partial charge in [-0.1, -0.05) is 23.4 Å². The number of nitrogens with zero attached hydrogens (tertiary/aromatic N) is 4. The summed E-state index contributed by atoms with van der Waals surface area (Å²) >= 11 is 1.33. The molecule has 1 aromatic carbocycles. The molecule has 5 rings (SSSR count). The molecule has 0 unspecified atom stereocenters. The number of hydrogen-bond acceptors (Lipinski definition) is 8. The van der Waals surface area contributed by atoms with Crippen molar-refractivity contribution < 1.29 is 18.5 Å². The molecule has 0 N–H and O–H groups in total. The molecule has 0 aliphatic heterocycles. The summed E-state index contributed by atoms with van der Waals surface area (Å²) in [5.74, 6) is 0.508. The Labute approximate surface area is 168 Å². The third kappa shape index (κ3) is 3.21. The number of carbonyl (C=O) groups is 1. The standard InChI is InChI=1S/C20H14N4O4S/c1-12-14-10-16(29-19(14)24(22-12)13-6-3-2-4-7-13)20(25)27-11-17-21-18(28-23-17)15-8-5-9-26-15/h2-10H,11H2,1H3. The lowest BCUT2D eigenvalue weighted by molar-refractivity contribution is 0.0465. The first kappa shape index (κ1) is 17.4. The van der Waals surface area contributed by atoms with Gasteiger partial charge in [0.05, 0.1) is 17.6 Å². The van der Waals surface area contributed by atoms with E-state index in [0.717, 1.165) is 21.6 Å². The van der Waals surface area contributed by atoms with Crippen LogP contribution in [0.15, 0.2) is 63.7 Å².